The Labute approximate surface area is 116 Å². The van der Waals surface area contributed by atoms with Gasteiger partial charge >= 0.3 is 0 Å². The molecule has 0 atom stereocenters. The molecule has 1 N–H and O–H groups in total. The van der Waals surface area contributed by atoms with E-state index in [1.54, 1.807) is 6.07 Å². The molecule has 0 aliphatic heterocycles. The molecule has 0 amide bonds. The highest BCUT2D eigenvalue weighted by atomic mass is 79.9. The summed E-state index contributed by atoms with van der Waals surface area (Å²) < 4.78 is 13.8. The van der Waals surface area contributed by atoms with Crippen LogP contribution in [0.15, 0.2) is 22.7 Å². The standard InChI is InChI=1S/C13H19BrFNS/c1-17-9-4-2-3-8-16-10-11-6-5-7-12(15)13(11)14/h5-7,16H,2-4,8-10H2,1H3. The Morgan fingerprint density at radius 3 is 2.88 bits per heavy atom. The zero-order valence-corrected chi connectivity index (χ0v) is 12.5. The number of thioether (sulfide) groups is 1. The van der Waals surface area contributed by atoms with Crippen molar-refractivity contribution in [1.82, 2.24) is 5.32 Å². The SMILES string of the molecule is CSCCCCCNCc1cccc(F)c1Br. The molecule has 0 saturated heterocycles. The van der Waals surface area contributed by atoms with E-state index in [0.717, 1.165) is 18.7 Å². The van der Waals surface area contributed by atoms with Crippen LogP contribution in [0.4, 0.5) is 4.39 Å². The van der Waals surface area contributed by atoms with Crippen LogP contribution in [0.25, 0.3) is 0 Å². The van der Waals surface area contributed by atoms with Crippen LogP contribution in [0.3, 0.4) is 0 Å². The van der Waals surface area contributed by atoms with Gasteiger partial charge in [0.05, 0.1) is 4.47 Å². The van der Waals surface area contributed by atoms with Gasteiger partial charge in [-0.25, -0.2) is 4.39 Å². The first kappa shape index (κ1) is 15.0. The fourth-order valence-corrected chi connectivity index (χ4v) is 2.48. The lowest BCUT2D eigenvalue weighted by Crippen LogP contribution is -2.15. The van der Waals surface area contributed by atoms with Crippen molar-refractivity contribution in [1.29, 1.82) is 0 Å². The van der Waals surface area contributed by atoms with Crippen molar-refractivity contribution in [2.75, 3.05) is 18.6 Å². The van der Waals surface area contributed by atoms with Crippen LogP contribution in [-0.2, 0) is 6.54 Å². The van der Waals surface area contributed by atoms with Gasteiger partial charge in [-0.15, -0.1) is 0 Å². The number of hydrogen-bond donors (Lipinski definition) is 1. The predicted octanol–water partition coefficient (Wildman–Crippen LogP) is 4.21. The number of halogens is 2. The molecule has 0 spiro atoms. The molecule has 1 aromatic rings. The highest BCUT2D eigenvalue weighted by Gasteiger charge is 2.03. The molecule has 96 valence electrons. The summed E-state index contributed by atoms with van der Waals surface area (Å²) in [6, 6.07) is 5.15. The molecule has 1 nitrogen and oxygen atoms in total. The Morgan fingerprint density at radius 1 is 1.29 bits per heavy atom. The van der Waals surface area contributed by atoms with Gasteiger partial charge in [-0.3, -0.25) is 0 Å². The van der Waals surface area contributed by atoms with Crippen molar-refractivity contribution in [3.63, 3.8) is 0 Å². The van der Waals surface area contributed by atoms with Crippen molar-refractivity contribution in [2.24, 2.45) is 0 Å². The van der Waals surface area contributed by atoms with Crippen LogP contribution >= 0.6 is 27.7 Å². The van der Waals surface area contributed by atoms with E-state index in [1.807, 2.05) is 17.8 Å². The molecule has 1 aromatic carbocycles. The maximum atomic E-state index is 13.2. The fourth-order valence-electron chi connectivity index (χ4n) is 1.58. The summed E-state index contributed by atoms with van der Waals surface area (Å²) in [4.78, 5) is 0. The topological polar surface area (TPSA) is 12.0 Å². The maximum absolute atomic E-state index is 13.2. The Kier molecular flexibility index (Phi) is 7.90. The molecule has 0 radical (unpaired) electrons. The van der Waals surface area contributed by atoms with Gasteiger partial charge in [0.25, 0.3) is 0 Å². The Balaban J connectivity index is 2.16. The van der Waals surface area contributed by atoms with Crippen molar-refractivity contribution < 1.29 is 4.39 Å². The van der Waals surface area contributed by atoms with E-state index in [-0.39, 0.29) is 5.82 Å². The molecular formula is C13H19BrFNS. The van der Waals surface area contributed by atoms with Crippen LogP contribution < -0.4 is 5.32 Å². The lowest BCUT2D eigenvalue weighted by atomic mass is 10.2. The second-order valence-corrected chi connectivity index (χ2v) is 5.72. The molecule has 0 saturated carbocycles. The highest BCUT2D eigenvalue weighted by Crippen LogP contribution is 2.19. The van der Waals surface area contributed by atoms with E-state index in [0.29, 0.717) is 4.47 Å². The monoisotopic (exact) mass is 319 g/mol. The van der Waals surface area contributed by atoms with Crippen molar-refractivity contribution in [2.45, 2.75) is 25.8 Å². The van der Waals surface area contributed by atoms with E-state index in [4.69, 9.17) is 0 Å². The van der Waals surface area contributed by atoms with Crippen molar-refractivity contribution >= 4 is 27.7 Å². The molecule has 4 heteroatoms. The van der Waals surface area contributed by atoms with Gasteiger partial charge in [0.2, 0.25) is 0 Å². The molecule has 1 rings (SSSR count). The van der Waals surface area contributed by atoms with Gasteiger partial charge in [-0.05, 0) is 59.0 Å². The molecular weight excluding hydrogens is 301 g/mol. The largest absolute Gasteiger partial charge is 0.313 e. The van der Waals surface area contributed by atoms with E-state index in [1.165, 1.54) is 31.1 Å². The molecule has 0 fully saturated rings. The van der Waals surface area contributed by atoms with Gasteiger partial charge < -0.3 is 5.32 Å². The molecule has 0 bridgehead atoms. The van der Waals surface area contributed by atoms with Gasteiger partial charge in [-0.2, -0.15) is 11.8 Å². The fraction of sp³-hybridized carbons (Fsp3) is 0.538. The first-order chi connectivity index (χ1) is 8.25. The summed E-state index contributed by atoms with van der Waals surface area (Å²) in [6.07, 6.45) is 5.87. The molecule has 0 unspecified atom stereocenters. The summed E-state index contributed by atoms with van der Waals surface area (Å²) >= 11 is 5.16. The third-order valence-corrected chi connectivity index (χ3v) is 4.13. The molecule has 0 aromatic heterocycles. The normalized spacial score (nSPS) is 10.8. The first-order valence-corrected chi connectivity index (χ1v) is 8.07. The Morgan fingerprint density at radius 2 is 2.12 bits per heavy atom. The summed E-state index contributed by atoms with van der Waals surface area (Å²) in [6.45, 7) is 1.72. The summed E-state index contributed by atoms with van der Waals surface area (Å²) in [5, 5.41) is 3.34. The van der Waals surface area contributed by atoms with E-state index in [2.05, 4.69) is 27.5 Å². The van der Waals surface area contributed by atoms with Crippen molar-refractivity contribution in [3.05, 3.63) is 34.1 Å². The quantitative estimate of drug-likeness (QED) is 0.720. The van der Waals surface area contributed by atoms with Crippen LogP contribution in [-0.4, -0.2) is 18.6 Å². The van der Waals surface area contributed by atoms with Gasteiger partial charge in [-0.1, -0.05) is 18.6 Å². The van der Waals surface area contributed by atoms with E-state index in [9.17, 15) is 4.39 Å². The Hall–Kier alpha value is -0.0600. The number of nitrogens with one attached hydrogen (secondary N) is 1. The number of benzene rings is 1. The smallest absolute Gasteiger partial charge is 0.137 e. The van der Waals surface area contributed by atoms with Crippen LogP contribution in [0.1, 0.15) is 24.8 Å². The number of rotatable bonds is 8. The molecule has 17 heavy (non-hydrogen) atoms. The minimum atomic E-state index is -0.190. The third-order valence-electron chi connectivity index (χ3n) is 2.55. The molecule has 0 heterocycles. The second kappa shape index (κ2) is 8.95. The minimum absolute atomic E-state index is 0.190. The first-order valence-electron chi connectivity index (χ1n) is 5.88. The lowest BCUT2D eigenvalue weighted by molar-refractivity contribution is 0.600. The average molecular weight is 320 g/mol. The van der Waals surface area contributed by atoms with Gasteiger partial charge in [0.1, 0.15) is 5.82 Å². The van der Waals surface area contributed by atoms with Crippen LogP contribution in [0.5, 0.6) is 0 Å². The van der Waals surface area contributed by atoms with Gasteiger partial charge in [0.15, 0.2) is 0 Å². The third kappa shape index (κ3) is 5.89. The van der Waals surface area contributed by atoms with Gasteiger partial charge in [0, 0.05) is 6.54 Å². The summed E-state index contributed by atoms with van der Waals surface area (Å²) in [7, 11) is 0. The maximum Gasteiger partial charge on any atom is 0.137 e. The average Bonchev–Trinajstić information content (AvgIpc) is 2.33. The zero-order chi connectivity index (χ0) is 12.5. The highest BCUT2D eigenvalue weighted by molar-refractivity contribution is 9.10. The summed E-state index contributed by atoms with van der Waals surface area (Å²) in [5.41, 5.74) is 0.981. The molecule has 0 aliphatic carbocycles. The predicted molar refractivity (Wildman–Crippen MR) is 78.0 cm³/mol. The van der Waals surface area contributed by atoms with Crippen LogP contribution in [0.2, 0.25) is 0 Å². The lowest BCUT2D eigenvalue weighted by Gasteiger charge is -2.07. The number of hydrogen-bond acceptors (Lipinski definition) is 2. The van der Waals surface area contributed by atoms with Crippen molar-refractivity contribution in [3.8, 4) is 0 Å². The van der Waals surface area contributed by atoms with E-state index < -0.39 is 0 Å². The minimum Gasteiger partial charge on any atom is -0.313 e. The molecule has 0 aliphatic rings. The van der Waals surface area contributed by atoms with E-state index >= 15 is 0 Å². The number of unbranched alkanes of at least 4 members (excludes halogenated alkanes) is 2. The second-order valence-electron chi connectivity index (χ2n) is 3.94. The zero-order valence-electron chi connectivity index (χ0n) is 10.1. The summed E-state index contributed by atoms with van der Waals surface area (Å²) in [5.74, 6) is 1.05. The Bertz CT molecular complexity index is 333. The van der Waals surface area contributed by atoms with Crippen LogP contribution in [0, 0.1) is 5.82 Å².